The Kier molecular flexibility index (Phi) is 4.16. The molecule has 1 N–H and O–H groups in total. The van der Waals surface area contributed by atoms with Crippen LogP contribution in [-0.2, 0) is 0 Å². The number of aromatic nitrogens is 2. The third-order valence-electron chi connectivity index (χ3n) is 3.44. The molecular weight excluding hydrogens is 268 g/mol. The first-order valence-electron chi connectivity index (χ1n) is 6.79. The van der Waals surface area contributed by atoms with Crippen LogP contribution >= 0.6 is 0 Å². The van der Waals surface area contributed by atoms with Crippen LogP contribution in [0.5, 0.6) is 0 Å². The van der Waals surface area contributed by atoms with E-state index in [0.29, 0.717) is 23.9 Å². The van der Waals surface area contributed by atoms with Crippen LogP contribution in [0, 0.1) is 30.9 Å². The van der Waals surface area contributed by atoms with E-state index in [0.717, 1.165) is 16.7 Å². The molecule has 0 bridgehead atoms. The lowest BCUT2D eigenvalue weighted by Crippen LogP contribution is -2.08. The van der Waals surface area contributed by atoms with Gasteiger partial charge in [0.25, 0.3) is 0 Å². The average molecular weight is 286 g/mol. The average Bonchev–Trinajstić information content (AvgIpc) is 2.41. The lowest BCUT2D eigenvalue weighted by Gasteiger charge is -2.11. The first-order chi connectivity index (χ1) is 9.95. The van der Waals surface area contributed by atoms with E-state index in [1.54, 1.807) is 6.92 Å². The van der Waals surface area contributed by atoms with Gasteiger partial charge in [-0.3, -0.25) is 10.1 Å². The maximum Gasteiger partial charge on any atom is 0.316 e. The highest BCUT2D eigenvalue weighted by molar-refractivity contribution is 5.75. The fourth-order valence-electron chi connectivity index (χ4n) is 2.22. The highest BCUT2D eigenvalue weighted by atomic mass is 16.6. The second kappa shape index (κ2) is 5.87. The van der Waals surface area contributed by atoms with Gasteiger partial charge in [-0.05, 0) is 38.8 Å². The van der Waals surface area contributed by atoms with Gasteiger partial charge in [0, 0.05) is 12.1 Å². The SMILES string of the molecule is CCNc1nc(C)c([N+](=O)[O-])c(-c2cccc(C)c2C)n1. The van der Waals surface area contributed by atoms with E-state index in [-0.39, 0.29) is 5.69 Å². The third kappa shape index (κ3) is 2.84. The van der Waals surface area contributed by atoms with Gasteiger partial charge in [-0.1, -0.05) is 18.2 Å². The summed E-state index contributed by atoms with van der Waals surface area (Å²) in [5.41, 5.74) is 3.52. The molecule has 1 heterocycles. The molecule has 0 radical (unpaired) electrons. The number of nitrogens with zero attached hydrogens (tertiary/aromatic N) is 3. The van der Waals surface area contributed by atoms with Gasteiger partial charge in [-0.2, -0.15) is 0 Å². The van der Waals surface area contributed by atoms with Crippen LogP contribution < -0.4 is 5.32 Å². The molecule has 0 aliphatic heterocycles. The van der Waals surface area contributed by atoms with Gasteiger partial charge in [-0.25, -0.2) is 9.97 Å². The maximum atomic E-state index is 11.4. The summed E-state index contributed by atoms with van der Waals surface area (Å²) in [5.74, 6) is 0.413. The molecule has 0 aliphatic carbocycles. The van der Waals surface area contributed by atoms with Crippen molar-refractivity contribution in [2.45, 2.75) is 27.7 Å². The zero-order chi connectivity index (χ0) is 15.6. The zero-order valence-electron chi connectivity index (χ0n) is 12.6. The van der Waals surface area contributed by atoms with Crippen LogP contribution in [0.4, 0.5) is 11.6 Å². The highest BCUT2D eigenvalue weighted by Gasteiger charge is 2.24. The van der Waals surface area contributed by atoms with E-state index < -0.39 is 4.92 Å². The Labute approximate surface area is 123 Å². The van der Waals surface area contributed by atoms with Gasteiger partial charge < -0.3 is 5.32 Å². The Morgan fingerprint density at radius 1 is 1.24 bits per heavy atom. The predicted molar refractivity (Wildman–Crippen MR) is 82.5 cm³/mol. The van der Waals surface area contributed by atoms with E-state index >= 15 is 0 Å². The van der Waals surface area contributed by atoms with Crippen LogP contribution in [0.1, 0.15) is 23.7 Å². The topological polar surface area (TPSA) is 81.0 Å². The van der Waals surface area contributed by atoms with Crippen LogP contribution in [0.15, 0.2) is 18.2 Å². The van der Waals surface area contributed by atoms with Gasteiger partial charge in [0.1, 0.15) is 5.69 Å². The fraction of sp³-hybridized carbons (Fsp3) is 0.333. The van der Waals surface area contributed by atoms with Gasteiger partial charge in [0.2, 0.25) is 5.95 Å². The molecule has 21 heavy (non-hydrogen) atoms. The van der Waals surface area contributed by atoms with Gasteiger partial charge >= 0.3 is 5.69 Å². The second-order valence-electron chi connectivity index (χ2n) is 4.86. The standard InChI is InChI=1S/C15H18N4O2/c1-5-16-15-17-11(4)14(19(20)21)13(18-15)12-8-6-7-9(2)10(12)3/h6-8H,5H2,1-4H3,(H,16,17,18). The van der Waals surface area contributed by atoms with E-state index in [1.165, 1.54) is 0 Å². The number of aryl methyl sites for hydroxylation is 2. The van der Waals surface area contributed by atoms with Crippen molar-refractivity contribution >= 4 is 11.6 Å². The summed E-state index contributed by atoms with van der Waals surface area (Å²) in [5, 5.41) is 14.4. The summed E-state index contributed by atoms with van der Waals surface area (Å²) in [7, 11) is 0. The highest BCUT2D eigenvalue weighted by Crippen LogP contribution is 2.33. The van der Waals surface area contributed by atoms with Crippen molar-refractivity contribution < 1.29 is 4.92 Å². The molecule has 6 heteroatoms. The van der Waals surface area contributed by atoms with Crippen molar-refractivity contribution in [1.82, 2.24) is 9.97 Å². The number of hydrogen-bond donors (Lipinski definition) is 1. The van der Waals surface area contributed by atoms with Crippen molar-refractivity contribution in [3.63, 3.8) is 0 Å². The molecule has 0 atom stereocenters. The number of benzene rings is 1. The summed E-state index contributed by atoms with van der Waals surface area (Å²) in [6.45, 7) is 8.14. The number of rotatable bonds is 4. The zero-order valence-corrected chi connectivity index (χ0v) is 12.6. The Morgan fingerprint density at radius 3 is 2.57 bits per heavy atom. The Balaban J connectivity index is 2.75. The molecule has 1 aromatic carbocycles. The molecule has 110 valence electrons. The first kappa shape index (κ1) is 14.9. The van der Waals surface area contributed by atoms with Crippen molar-refractivity contribution in [3.8, 4) is 11.3 Å². The molecule has 0 fully saturated rings. The molecule has 0 unspecified atom stereocenters. The van der Waals surface area contributed by atoms with Crippen molar-refractivity contribution in [2.24, 2.45) is 0 Å². The summed E-state index contributed by atoms with van der Waals surface area (Å²) < 4.78 is 0. The maximum absolute atomic E-state index is 11.4. The predicted octanol–water partition coefficient (Wildman–Crippen LogP) is 3.41. The summed E-state index contributed by atoms with van der Waals surface area (Å²) >= 11 is 0. The largest absolute Gasteiger partial charge is 0.354 e. The quantitative estimate of drug-likeness (QED) is 0.688. The minimum atomic E-state index is -0.415. The molecule has 6 nitrogen and oxygen atoms in total. The number of anilines is 1. The Hall–Kier alpha value is -2.50. The number of nitro groups is 1. The molecular formula is C15H18N4O2. The molecule has 2 rings (SSSR count). The smallest absolute Gasteiger partial charge is 0.316 e. The second-order valence-corrected chi connectivity index (χ2v) is 4.86. The van der Waals surface area contributed by atoms with Crippen LogP contribution in [0.3, 0.4) is 0 Å². The minimum absolute atomic E-state index is 0.0367. The van der Waals surface area contributed by atoms with Gasteiger partial charge in [0.05, 0.1) is 4.92 Å². The molecule has 0 saturated heterocycles. The van der Waals surface area contributed by atoms with E-state index in [1.807, 2.05) is 39.0 Å². The molecule has 0 saturated carbocycles. The van der Waals surface area contributed by atoms with Crippen molar-refractivity contribution in [2.75, 3.05) is 11.9 Å². The minimum Gasteiger partial charge on any atom is -0.354 e. The first-order valence-corrected chi connectivity index (χ1v) is 6.79. The summed E-state index contributed by atoms with van der Waals surface area (Å²) in [6.07, 6.45) is 0. The molecule has 0 amide bonds. The molecule has 0 spiro atoms. The normalized spacial score (nSPS) is 10.5. The number of nitrogens with one attached hydrogen (secondary N) is 1. The third-order valence-corrected chi connectivity index (χ3v) is 3.44. The van der Waals surface area contributed by atoms with E-state index in [4.69, 9.17) is 0 Å². The lowest BCUT2D eigenvalue weighted by molar-refractivity contribution is -0.385. The monoisotopic (exact) mass is 286 g/mol. The van der Waals surface area contributed by atoms with E-state index in [9.17, 15) is 10.1 Å². The summed E-state index contributed by atoms with van der Waals surface area (Å²) in [6, 6.07) is 5.71. The van der Waals surface area contributed by atoms with Crippen LogP contribution in [0.2, 0.25) is 0 Å². The summed E-state index contributed by atoms with van der Waals surface area (Å²) in [4.78, 5) is 19.5. The molecule has 0 aliphatic rings. The van der Waals surface area contributed by atoms with Gasteiger partial charge in [-0.15, -0.1) is 0 Å². The fourth-order valence-corrected chi connectivity index (χ4v) is 2.22. The van der Waals surface area contributed by atoms with Crippen LogP contribution in [0.25, 0.3) is 11.3 Å². The molecule has 1 aromatic heterocycles. The van der Waals surface area contributed by atoms with Crippen molar-refractivity contribution in [3.05, 3.63) is 45.1 Å². The Morgan fingerprint density at radius 2 is 1.95 bits per heavy atom. The number of hydrogen-bond acceptors (Lipinski definition) is 5. The Bertz CT molecular complexity index is 698. The van der Waals surface area contributed by atoms with Gasteiger partial charge in [0.15, 0.2) is 5.69 Å². The van der Waals surface area contributed by atoms with E-state index in [2.05, 4.69) is 15.3 Å². The van der Waals surface area contributed by atoms with Crippen LogP contribution in [-0.4, -0.2) is 21.4 Å². The molecule has 2 aromatic rings. The lowest BCUT2D eigenvalue weighted by atomic mass is 9.99. The van der Waals surface area contributed by atoms with Crippen molar-refractivity contribution in [1.29, 1.82) is 0 Å².